The van der Waals surface area contributed by atoms with Crippen LogP contribution in [0.25, 0.3) is 0 Å². The monoisotopic (exact) mass is 344 g/mol. The van der Waals surface area contributed by atoms with E-state index in [0.717, 1.165) is 5.56 Å². The number of ether oxygens (including phenoxy) is 1. The Labute approximate surface area is 136 Å². The largest absolute Gasteiger partial charge is 0.411 e. The smallest absolute Gasteiger partial charge is 0.358 e. The number of alkyl halides is 3. The number of hydrogen-bond acceptors (Lipinski definition) is 3. The lowest BCUT2D eigenvalue weighted by atomic mass is 10.2. The highest BCUT2D eigenvalue weighted by Gasteiger charge is 2.27. The fraction of sp³-hybridized carbons (Fsp3) is 0.286. The number of hydrogen-bond donors (Lipinski definition) is 2. The Hall–Kier alpha value is -2.13. The zero-order valence-electron chi connectivity index (χ0n) is 12.0. The summed E-state index contributed by atoms with van der Waals surface area (Å²) in [6.07, 6.45) is -1.39. The van der Waals surface area contributed by atoms with E-state index in [1.807, 2.05) is 30.3 Å². The van der Waals surface area contributed by atoms with Gasteiger partial charge in [0.25, 0.3) is 0 Å². The first kappa shape index (κ1) is 17.2. The second-order valence-corrected chi connectivity index (χ2v) is 5.06. The van der Waals surface area contributed by atoms with Gasteiger partial charge < -0.3 is 15.4 Å². The third-order valence-electron chi connectivity index (χ3n) is 2.68. The molecule has 2 aromatic rings. The van der Waals surface area contributed by atoms with Crippen LogP contribution in [0.2, 0.25) is 0 Å². The number of nitrogens with zero attached hydrogens (tertiary/aromatic N) is 2. The minimum absolute atomic E-state index is 0.286. The fourth-order valence-electron chi connectivity index (χ4n) is 1.71. The Kier molecular flexibility index (Phi) is 5.94. The number of nitrogens with one attached hydrogen (secondary N) is 2. The molecule has 0 unspecified atom stereocenters. The molecule has 0 aliphatic heterocycles. The van der Waals surface area contributed by atoms with Gasteiger partial charge in [0.05, 0.1) is 18.1 Å². The lowest BCUT2D eigenvalue weighted by Gasteiger charge is -2.09. The third-order valence-corrected chi connectivity index (χ3v) is 2.92. The van der Waals surface area contributed by atoms with Gasteiger partial charge in [-0.25, -0.2) is 4.68 Å². The molecule has 0 bridgehead atoms. The average molecular weight is 344 g/mol. The summed E-state index contributed by atoms with van der Waals surface area (Å²) in [4.78, 5) is 0. The Morgan fingerprint density at radius 3 is 2.70 bits per heavy atom. The maximum Gasteiger partial charge on any atom is 0.411 e. The van der Waals surface area contributed by atoms with Crippen LogP contribution in [0.4, 0.5) is 18.9 Å². The molecule has 0 aliphatic carbocycles. The van der Waals surface area contributed by atoms with Crippen LogP contribution in [0.5, 0.6) is 0 Å². The van der Waals surface area contributed by atoms with Gasteiger partial charge in [-0.2, -0.15) is 18.3 Å². The minimum Gasteiger partial charge on any atom is -0.358 e. The van der Waals surface area contributed by atoms with E-state index in [9.17, 15) is 13.2 Å². The molecular weight excluding hydrogens is 329 g/mol. The molecule has 0 radical (unpaired) electrons. The Morgan fingerprint density at radius 2 is 2.00 bits per heavy atom. The van der Waals surface area contributed by atoms with Crippen LogP contribution in [-0.2, 0) is 18.0 Å². The molecule has 124 valence electrons. The second-order valence-electron chi connectivity index (χ2n) is 4.65. The minimum atomic E-state index is -4.35. The number of aromatic nitrogens is 2. The van der Waals surface area contributed by atoms with Gasteiger partial charge in [0.1, 0.15) is 13.3 Å². The van der Waals surface area contributed by atoms with Crippen LogP contribution in [0.1, 0.15) is 5.56 Å². The quantitative estimate of drug-likeness (QED) is 0.789. The maximum absolute atomic E-state index is 12.0. The van der Waals surface area contributed by atoms with E-state index in [2.05, 4.69) is 20.5 Å². The molecule has 0 saturated heterocycles. The summed E-state index contributed by atoms with van der Waals surface area (Å²) in [6, 6.07) is 9.71. The number of anilines is 1. The summed E-state index contributed by atoms with van der Waals surface area (Å²) in [5, 5.41) is 10.2. The van der Waals surface area contributed by atoms with Crippen LogP contribution in [0.3, 0.4) is 0 Å². The van der Waals surface area contributed by atoms with Crippen molar-refractivity contribution in [3.05, 3.63) is 48.3 Å². The van der Waals surface area contributed by atoms with E-state index in [1.54, 1.807) is 0 Å². The summed E-state index contributed by atoms with van der Waals surface area (Å²) in [5.74, 6) is 0. The van der Waals surface area contributed by atoms with E-state index in [0.29, 0.717) is 17.3 Å². The maximum atomic E-state index is 12.0. The van der Waals surface area contributed by atoms with E-state index in [4.69, 9.17) is 12.2 Å². The molecule has 2 rings (SSSR count). The number of rotatable bonds is 6. The third kappa shape index (κ3) is 6.66. The summed E-state index contributed by atoms with van der Waals surface area (Å²) in [6.45, 7) is -1.03. The van der Waals surface area contributed by atoms with Crippen molar-refractivity contribution in [2.45, 2.75) is 19.5 Å². The molecule has 0 atom stereocenters. The van der Waals surface area contributed by atoms with Gasteiger partial charge >= 0.3 is 6.18 Å². The molecule has 5 nitrogen and oxygen atoms in total. The topological polar surface area (TPSA) is 51.1 Å². The van der Waals surface area contributed by atoms with E-state index in [-0.39, 0.29) is 6.73 Å². The van der Waals surface area contributed by atoms with Gasteiger partial charge in [-0.1, -0.05) is 30.3 Å². The SMILES string of the molecule is FC(F)(F)COCn1cc(NC(=S)NCc2ccccc2)cn1. The molecule has 9 heteroatoms. The molecule has 1 aromatic heterocycles. The summed E-state index contributed by atoms with van der Waals surface area (Å²) in [5.41, 5.74) is 1.64. The Morgan fingerprint density at radius 1 is 1.26 bits per heavy atom. The van der Waals surface area contributed by atoms with Crippen molar-refractivity contribution < 1.29 is 17.9 Å². The molecule has 0 spiro atoms. The standard InChI is InChI=1S/C14H15F3N4OS/c15-14(16,17)9-22-10-21-8-12(7-19-21)20-13(23)18-6-11-4-2-1-3-5-11/h1-5,7-8H,6,9-10H2,(H2,18,20,23). The molecule has 2 N–H and O–H groups in total. The number of thiocarbonyl (C=S) groups is 1. The highest BCUT2D eigenvalue weighted by molar-refractivity contribution is 7.80. The normalized spacial score (nSPS) is 11.3. The van der Waals surface area contributed by atoms with Gasteiger partial charge in [-0.05, 0) is 17.8 Å². The first-order chi connectivity index (χ1) is 10.9. The van der Waals surface area contributed by atoms with Crippen LogP contribution in [-0.4, -0.2) is 27.7 Å². The van der Waals surface area contributed by atoms with Crippen LogP contribution in [0.15, 0.2) is 42.7 Å². The zero-order chi connectivity index (χ0) is 16.7. The molecule has 23 heavy (non-hydrogen) atoms. The van der Waals surface area contributed by atoms with Crippen molar-refractivity contribution in [1.82, 2.24) is 15.1 Å². The number of benzene rings is 1. The summed E-state index contributed by atoms with van der Waals surface area (Å²) < 4.78 is 41.7. The summed E-state index contributed by atoms with van der Waals surface area (Å²) in [7, 11) is 0. The lowest BCUT2D eigenvalue weighted by Crippen LogP contribution is -2.27. The lowest BCUT2D eigenvalue weighted by molar-refractivity contribution is -0.182. The highest BCUT2D eigenvalue weighted by Crippen LogP contribution is 2.14. The molecule has 0 aliphatic rings. The fourth-order valence-corrected chi connectivity index (χ4v) is 1.90. The van der Waals surface area contributed by atoms with Crippen molar-refractivity contribution >= 4 is 23.0 Å². The first-order valence-electron chi connectivity index (χ1n) is 6.68. The van der Waals surface area contributed by atoms with Gasteiger partial charge in [-0.15, -0.1) is 0 Å². The van der Waals surface area contributed by atoms with Gasteiger partial charge in [0.2, 0.25) is 0 Å². The molecule has 0 amide bonds. The van der Waals surface area contributed by atoms with Gasteiger partial charge in [0, 0.05) is 6.54 Å². The molecule has 0 fully saturated rings. The van der Waals surface area contributed by atoms with Crippen molar-refractivity contribution in [1.29, 1.82) is 0 Å². The Balaban J connectivity index is 1.74. The molecule has 1 aromatic carbocycles. The summed E-state index contributed by atoms with van der Waals surface area (Å²) >= 11 is 5.14. The van der Waals surface area contributed by atoms with E-state index in [1.165, 1.54) is 17.1 Å². The van der Waals surface area contributed by atoms with Gasteiger partial charge in [0.15, 0.2) is 5.11 Å². The molecule has 0 saturated carbocycles. The average Bonchev–Trinajstić information content (AvgIpc) is 2.92. The number of halogens is 3. The van der Waals surface area contributed by atoms with Crippen molar-refractivity contribution in [3.8, 4) is 0 Å². The molecule has 1 heterocycles. The van der Waals surface area contributed by atoms with Crippen molar-refractivity contribution in [2.24, 2.45) is 0 Å². The highest BCUT2D eigenvalue weighted by atomic mass is 32.1. The predicted molar refractivity (Wildman–Crippen MR) is 83.7 cm³/mol. The first-order valence-corrected chi connectivity index (χ1v) is 7.09. The van der Waals surface area contributed by atoms with E-state index >= 15 is 0 Å². The van der Waals surface area contributed by atoms with E-state index < -0.39 is 12.8 Å². The predicted octanol–water partition coefficient (Wildman–Crippen LogP) is 2.91. The zero-order valence-corrected chi connectivity index (χ0v) is 12.8. The van der Waals surface area contributed by atoms with Crippen molar-refractivity contribution in [2.75, 3.05) is 11.9 Å². The molecular formula is C14H15F3N4OS. The van der Waals surface area contributed by atoms with Crippen LogP contribution in [0, 0.1) is 0 Å². The second kappa shape index (κ2) is 7.93. The Bertz CT molecular complexity index is 630. The van der Waals surface area contributed by atoms with Crippen molar-refractivity contribution in [3.63, 3.8) is 0 Å². The van der Waals surface area contributed by atoms with Crippen LogP contribution < -0.4 is 10.6 Å². The van der Waals surface area contributed by atoms with Crippen LogP contribution >= 0.6 is 12.2 Å². The van der Waals surface area contributed by atoms with Gasteiger partial charge in [-0.3, -0.25) is 0 Å².